The standard InChI is InChI=1S/C15H26N2/c1-5-6-13-7-9-14(10-8-13)15(17(3)4)11-12-16-2/h7-10,15-16H,5-6,11-12H2,1-4H3. The maximum Gasteiger partial charge on any atom is 0.0354 e. The number of hydrogen-bond acceptors (Lipinski definition) is 2. The van der Waals surface area contributed by atoms with Crippen molar-refractivity contribution >= 4 is 0 Å². The minimum atomic E-state index is 0.512. The molecule has 0 amide bonds. The summed E-state index contributed by atoms with van der Waals surface area (Å²) in [6, 6.07) is 9.62. The lowest BCUT2D eigenvalue weighted by Gasteiger charge is -2.25. The molecule has 0 aromatic heterocycles. The van der Waals surface area contributed by atoms with Crippen molar-refractivity contribution in [3.8, 4) is 0 Å². The van der Waals surface area contributed by atoms with E-state index in [1.165, 1.54) is 24.0 Å². The second kappa shape index (κ2) is 7.46. The lowest BCUT2D eigenvalue weighted by atomic mass is 10.00. The fourth-order valence-electron chi connectivity index (χ4n) is 2.20. The highest BCUT2D eigenvalue weighted by Gasteiger charge is 2.12. The lowest BCUT2D eigenvalue weighted by Crippen LogP contribution is -2.23. The zero-order valence-electron chi connectivity index (χ0n) is 11.7. The molecule has 1 aromatic carbocycles. The Bertz CT molecular complexity index is 303. The molecule has 0 spiro atoms. The number of rotatable bonds is 7. The second-order valence-corrected chi connectivity index (χ2v) is 4.86. The largest absolute Gasteiger partial charge is 0.320 e. The SMILES string of the molecule is CCCc1ccc(C(CCNC)N(C)C)cc1. The van der Waals surface area contributed by atoms with E-state index in [4.69, 9.17) is 0 Å². The second-order valence-electron chi connectivity index (χ2n) is 4.86. The summed E-state index contributed by atoms with van der Waals surface area (Å²) in [6.45, 7) is 3.28. The van der Waals surface area contributed by atoms with E-state index in [0.29, 0.717) is 6.04 Å². The molecule has 17 heavy (non-hydrogen) atoms. The molecular weight excluding hydrogens is 208 g/mol. The molecule has 0 bridgehead atoms. The molecule has 2 heteroatoms. The van der Waals surface area contributed by atoms with Gasteiger partial charge in [0.05, 0.1) is 0 Å². The van der Waals surface area contributed by atoms with Crippen LogP contribution in [-0.4, -0.2) is 32.6 Å². The van der Waals surface area contributed by atoms with Gasteiger partial charge in [0.25, 0.3) is 0 Å². The molecule has 1 unspecified atom stereocenters. The van der Waals surface area contributed by atoms with E-state index < -0.39 is 0 Å². The third kappa shape index (κ3) is 4.49. The van der Waals surface area contributed by atoms with Crippen molar-refractivity contribution in [1.82, 2.24) is 10.2 Å². The van der Waals surface area contributed by atoms with Crippen molar-refractivity contribution in [3.63, 3.8) is 0 Å². The fraction of sp³-hybridized carbons (Fsp3) is 0.600. The highest BCUT2D eigenvalue weighted by molar-refractivity contribution is 5.25. The van der Waals surface area contributed by atoms with Crippen molar-refractivity contribution in [2.24, 2.45) is 0 Å². The minimum absolute atomic E-state index is 0.512. The molecule has 0 aliphatic heterocycles. The third-order valence-electron chi connectivity index (χ3n) is 3.19. The predicted octanol–water partition coefficient (Wildman–Crippen LogP) is 2.85. The van der Waals surface area contributed by atoms with Gasteiger partial charge in [-0.3, -0.25) is 0 Å². The first-order valence-corrected chi connectivity index (χ1v) is 6.59. The van der Waals surface area contributed by atoms with Crippen molar-refractivity contribution in [2.75, 3.05) is 27.7 Å². The van der Waals surface area contributed by atoms with Crippen molar-refractivity contribution in [3.05, 3.63) is 35.4 Å². The monoisotopic (exact) mass is 234 g/mol. The summed E-state index contributed by atoms with van der Waals surface area (Å²) in [6.07, 6.45) is 3.55. The van der Waals surface area contributed by atoms with Crippen LogP contribution in [0.3, 0.4) is 0 Å². The number of nitrogens with one attached hydrogen (secondary N) is 1. The molecular formula is C15H26N2. The maximum absolute atomic E-state index is 3.23. The molecule has 2 nitrogen and oxygen atoms in total. The van der Waals surface area contributed by atoms with Crippen molar-refractivity contribution in [1.29, 1.82) is 0 Å². The van der Waals surface area contributed by atoms with E-state index in [1.54, 1.807) is 0 Å². The van der Waals surface area contributed by atoms with E-state index in [1.807, 2.05) is 7.05 Å². The zero-order valence-corrected chi connectivity index (χ0v) is 11.7. The van der Waals surface area contributed by atoms with Gasteiger partial charge < -0.3 is 10.2 Å². The normalized spacial score (nSPS) is 13.0. The van der Waals surface area contributed by atoms with Crippen LogP contribution in [0.2, 0.25) is 0 Å². The van der Waals surface area contributed by atoms with Crippen LogP contribution in [0.4, 0.5) is 0 Å². The third-order valence-corrected chi connectivity index (χ3v) is 3.19. The Morgan fingerprint density at radius 2 is 1.82 bits per heavy atom. The number of aryl methyl sites for hydroxylation is 1. The average Bonchev–Trinajstić information content (AvgIpc) is 2.31. The van der Waals surface area contributed by atoms with Crippen molar-refractivity contribution in [2.45, 2.75) is 32.2 Å². The van der Waals surface area contributed by atoms with Gasteiger partial charge in [-0.2, -0.15) is 0 Å². The first kappa shape index (κ1) is 14.2. The van der Waals surface area contributed by atoms with Crippen LogP contribution < -0.4 is 5.32 Å². The van der Waals surface area contributed by atoms with Crippen LogP contribution in [0.15, 0.2) is 24.3 Å². The first-order valence-electron chi connectivity index (χ1n) is 6.59. The van der Waals surface area contributed by atoms with Gasteiger partial charge in [0.2, 0.25) is 0 Å². The van der Waals surface area contributed by atoms with Gasteiger partial charge in [0.15, 0.2) is 0 Å². The Morgan fingerprint density at radius 3 is 2.29 bits per heavy atom. The predicted molar refractivity (Wildman–Crippen MR) is 75.4 cm³/mol. The molecule has 0 aliphatic rings. The fourth-order valence-corrected chi connectivity index (χ4v) is 2.20. The van der Waals surface area contributed by atoms with Crippen LogP contribution in [0.1, 0.15) is 36.9 Å². The highest BCUT2D eigenvalue weighted by atomic mass is 15.1. The highest BCUT2D eigenvalue weighted by Crippen LogP contribution is 2.22. The molecule has 1 atom stereocenters. The zero-order chi connectivity index (χ0) is 12.7. The molecule has 0 aliphatic carbocycles. The Kier molecular flexibility index (Phi) is 6.23. The summed E-state index contributed by atoms with van der Waals surface area (Å²) in [5.74, 6) is 0. The Morgan fingerprint density at radius 1 is 1.18 bits per heavy atom. The Labute approximate surface area is 106 Å². The van der Waals surface area contributed by atoms with Gasteiger partial charge in [-0.1, -0.05) is 37.6 Å². The first-order chi connectivity index (χ1) is 8.19. The smallest absolute Gasteiger partial charge is 0.0354 e. The summed E-state index contributed by atoms with van der Waals surface area (Å²) in [4.78, 5) is 2.30. The summed E-state index contributed by atoms with van der Waals surface area (Å²) < 4.78 is 0. The number of hydrogen-bond donors (Lipinski definition) is 1. The van der Waals surface area contributed by atoms with Crippen LogP contribution in [0.25, 0.3) is 0 Å². The molecule has 96 valence electrons. The molecule has 0 heterocycles. The van der Waals surface area contributed by atoms with E-state index in [0.717, 1.165) is 13.0 Å². The number of nitrogens with zero attached hydrogens (tertiary/aromatic N) is 1. The molecule has 0 saturated carbocycles. The van der Waals surface area contributed by atoms with Crippen LogP contribution in [-0.2, 0) is 6.42 Å². The van der Waals surface area contributed by atoms with Gasteiger partial charge >= 0.3 is 0 Å². The van der Waals surface area contributed by atoms with Gasteiger partial charge in [-0.15, -0.1) is 0 Å². The van der Waals surface area contributed by atoms with Gasteiger partial charge in [-0.25, -0.2) is 0 Å². The molecule has 0 saturated heterocycles. The Hall–Kier alpha value is -0.860. The summed E-state index contributed by atoms with van der Waals surface area (Å²) >= 11 is 0. The molecule has 1 N–H and O–H groups in total. The van der Waals surface area contributed by atoms with Crippen LogP contribution >= 0.6 is 0 Å². The molecule has 1 rings (SSSR count). The van der Waals surface area contributed by atoms with E-state index >= 15 is 0 Å². The quantitative estimate of drug-likeness (QED) is 0.780. The maximum atomic E-state index is 3.23. The summed E-state index contributed by atoms with van der Waals surface area (Å²) in [7, 11) is 6.32. The summed E-state index contributed by atoms with van der Waals surface area (Å²) in [5, 5.41) is 3.23. The van der Waals surface area contributed by atoms with Gasteiger partial charge in [0, 0.05) is 6.04 Å². The van der Waals surface area contributed by atoms with Gasteiger partial charge in [-0.05, 0) is 51.7 Å². The molecule has 1 aromatic rings. The topological polar surface area (TPSA) is 15.3 Å². The van der Waals surface area contributed by atoms with Crippen LogP contribution in [0.5, 0.6) is 0 Å². The van der Waals surface area contributed by atoms with E-state index in [9.17, 15) is 0 Å². The number of benzene rings is 1. The van der Waals surface area contributed by atoms with E-state index in [-0.39, 0.29) is 0 Å². The lowest BCUT2D eigenvalue weighted by molar-refractivity contribution is 0.283. The van der Waals surface area contributed by atoms with E-state index in [2.05, 4.69) is 55.5 Å². The van der Waals surface area contributed by atoms with Crippen molar-refractivity contribution < 1.29 is 0 Å². The minimum Gasteiger partial charge on any atom is -0.320 e. The van der Waals surface area contributed by atoms with Crippen LogP contribution in [0, 0.1) is 0 Å². The molecule has 0 fully saturated rings. The molecule has 0 radical (unpaired) electrons. The Balaban J connectivity index is 2.72. The average molecular weight is 234 g/mol. The van der Waals surface area contributed by atoms with Gasteiger partial charge in [0.1, 0.15) is 0 Å². The summed E-state index contributed by atoms with van der Waals surface area (Å²) in [5.41, 5.74) is 2.87.